The van der Waals surface area contributed by atoms with E-state index in [9.17, 15) is 14.9 Å². The summed E-state index contributed by atoms with van der Waals surface area (Å²) in [4.78, 5) is 23.0. The molecule has 3 aromatic rings. The second-order valence-electron chi connectivity index (χ2n) is 5.05. The Kier molecular flexibility index (Phi) is 3.57. The molecular weight excluding hydrogens is 298 g/mol. The predicted octanol–water partition coefficient (Wildman–Crippen LogP) is 3.89. The molecule has 2 aromatic carbocycles. The van der Waals surface area contributed by atoms with Crippen molar-refractivity contribution in [3.8, 4) is 5.75 Å². The number of carbonyl (C=O) groups excluding carboxylic acids is 1. The lowest BCUT2D eigenvalue weighted by atomic mass is 10.0. The maximum atomic E-state index is 12.6. The van der Waals surface area contributed by atoms with Gasteiger partial charge in [0.15, 0.2) is 5.76 Å². The van der Waals surface area contributed by atoms with E-state index in [4.69, 9.17) is 9.15 Å². The van der Waals surface area contributed by atoms with E-state index < -0.39 is 4.92 Å². The Morgan fingerprint density at radius 2 is 1.87 bits per heavy atom. The molecule has 0 aliphatic carbocycles. The van der Waals surface area contributed by atoms with Crippen LogP contribution in [0.25, 0.3) is 11.0 Å². The van der Waals surface area contributed by atoms with E-state index in [-0.39, 0.29) is 17.2 Å². The fourth-order valence-corrected chi connectivity index (χ4v) is 2.41. The Labute approximate surface area is 131 Å². The van der Waals surface area contributed by atoms with Crippen LogP contribution in [0.4, 0.5) is 5.69 Å². The molecular formula is C17H13NO5. The molecule has 0 amide bonds. The van der Waals surface area contributed by atoms with Gasteiger partial charge in [-0.25, -0.2) is 0 Å². The number of methoxy groups -OCH3 is 1. The van der Waals surface area contributed by atoms with Gasteiger partial charge in [-0.05, 0) is 37.3 Å². The first-order chi connectivity index (χ1) is 11.0. The van der Waals surface area contributed by atoms with Crippen LogP contribution < -0.4 is 4.74 Å². The lowest BCUT2D eigenvalue weighted by Crippen LogP contribution is -2.01. The summed E-state index contributed by atoms with van der Waals surface area (Å²) in [6.45, 7) is 1.71. The Hall–Kier alpha value is -3.15. The summed E-state index contributed by atoms with van der Waals surface area (Å²) >= 11 is 0. The first-order valence-corrected chi connectivity index (χ1v) is 6.87. The van der Waals surface area contributed by atoms with Crippen LogP contribution in [-0.2, 0) is 0 Å². The molecule has 1 aromatic heterocycles. The number of aryl methyl sites for hydroxylation is 1. The third-order valence-corrected chi connectivity index (χ3v) is 3.69. The molecule has 0 unspecified atom stereocenters. The molecule has 0 bridgehead atoms. The number of rotatable bonds is 4. The van der Waals surface area contributed by atoms with E-state index in [2.05, 4.69) is 0 Å². The van der Waals surface area contributed by atoms with Crippen LogP contribution in [0.3, 0.4) is 0 Å². The minimum Gasteiger partial charge on any atom is -0.497 e. The van der Waals surface area contributed by atoms with E-state index in [1.165, 1.54) is 18.2 Å². The number of nitro groups is 1. The molecule has 0 aliphatic rings. The number of carbonyl (C=O) groups is 1. The highest BCUT2D eigenvalue weighted by Crippen LogP contribution is 2.30. The van der Waals surface area contributed by atoms with Crippen LogP contribution in [0.5, 0.6) is 5.75 Å². The molecule has 0 saturated carbocycles. The van der Waals surface area contributed by atoms with Crippen molar-refractivity contribution in [2.45, 2.75) is 6.92 Å². The van der Waals surface area contributed by atoms with Crippen molar-refractivity contribution < 1.29 is 18.9 Å². The Morgan fingerprint density at radius 1 is 1.17 bits per heavy atom. The molecule has 0 saturated heterocycles. The Morgan fingerprint density at radius 3 is 2.48 bits per heavy atom. The van der Waals surface area contributed by atoms with Crippen LogP contribution in [0.2, 0.25) is 0 Å². The molecule has 1 heterocycles. The first kappa shape index (κ1) is 14.8. The van der Waals surface area contributed by atoms with Crippen LogP contribution in [0.1, 0.15) is 21.7 Å². The van der Waals surface area contributed by atoms with Crippen molar-refractivity contribution in [2.75, 3.05) is 7.11 Å². The number of ether oxygens (including phenoxy) is 1. The molecule has 116 valence electrons. The van der Waals surface area contributed by atoms with Gasteiger partial charge in [0, 0.05) is 28.6 Å². The van der Waals surface area contributed by atoms with Gasteiger partial charge in [0.2, 0.25) is 5.78 Å². The number of benzene rings is 2. The minimum absolute atomic E-state index is 0.0372. The topological polar surface area (TPSA) is 82.6 Å². The highest BCUT2D eigenvalue weighted by Gasteiger charge is 2.21. The number of fused-ring (bicyclic) bond motifs is 1. The fourth-order valence-electron chi connectivity index (χ4n) is 2.41. The van der Waals surface area contributed by atoms with Crippen LogP contribution in [-0.4, -0.2) is 17.8 Å². The molecule has 0 spiro atoms. The number of nitrogens with zero attached hydrogens (tertiary/aromatic N) is 1. The lowest BCUT2D eigenvalue weighted by Gasteiger charge is -2.01. The number of ketones is 1. The van der Waals surface area contributed by atoms with E-state index in [0.717, 1.165) is 0 Å². The van der Waals surface area contributed by atoms with Gasteiger partial charge in [0.25, 0.3) is 5.69 Å². The third-order valence-electron chi connectivity index (χ3n) is 3.69. The molecule has 0 aliphatic heterocycles. The molecule has 0 fully saturated rings. The summed E-state index contributed by atoms with van der Waals surface area (Å²) in [7, 11) is 1.55. The highest BCUT2D eigenvalue weighted by atomic mass is 16.6. The van der Waals surface area contributed by atoms with Crippen molar-refractivity contribution >= 4 is 22.4 Å². The predicted molar refractivity (Wildman–Crippen MR) is 84.0 cm³/mol. The van der Waals surface area contributed by atoms with E-state index >= 15 is 0 Å². The van der Waals surface area contributed by atoms with Crippen LogP contribution in [0.15, 0.2) is 46.9 Å². The molecule has 23 heavy (non-hydrogen) atoms. The Bertz CT molecular complexity index is 909. The summed E-state index contributed by atoms with van der Waals surface area (Å²) in [5, 5.41) is 11.4. The molecule has 0 N–H and O–H groups in total. The van der Waals surface area contributed by atoms with E-state index in [1.54, 1.807) is 38.3 Å². The molecule has 3 rings (SSSR count). The average molecular weight is 311 g/mol. The zero-order valence-corrected chi connectivity index (χ0v) is 12.5. The van der Waals surface area contributed by atoms with Gasteiger partial charge in [0.05, 0.1) is 12.0 Å². The van der Waals surface area contributed by atoms with E-state index in [1.807, 2.05) is 0 Å². The first-order valence-electron chi connectivity index (χ1n) is 6.87. The molecule has 6 heteroatoms. The lowest BCUT2D eigenvalue weighted by molar-refractivity contribution is -0.384. The van der Waals surface area contributed by atoms with Gasteiger partial charge in [-0.2, -0.15) is 0 Å². The number of nitro benzene ring substituents is 1. The summed E-state index contributed by atoms with van der Waals surface area (Å²) in [5.41, 5.74) is 1.46. The average Bonchev–Trinajstić information content (AvgIpc) is 2.90. The second kappa shape index (κ2) is 5.57. The van der Waals surface area contributed by atoms with Crippen molar-refractivity contribution in [3.63, 3.8) is 0 Å². The third kappa shape index (κ3) is 2.55. The Balaban J connectivity index is 2.06. The summed E-state index contributed by atoms with van der Waals surface area (Å²) in [6, 6.07) is 11.0. The summed E-state index contributed by atoms with van der Waals surface area (Å²) in [6.07, 6.45) is 0. The zero-order chi connectivity index (χ0) is 16.6. The maximum absolute atomic E-state index is 12.6. The second-order valence-corrected chi connectivity index (χ2v) is 5.05. The molecule has 6 nitrogen and oxygen atoms in total. The largest absolute Gasteiger partial charge is 0.497 e. The summed E-state index contributed by atoms with van der Waals surface area (Å²) < 4.78 is 10.7. The van der Waals surface area contributed by atoms with Crippen molar-refractivity contribution in [1.29, 1.82) is 0 Å². The van der Waals surface area contributed by atoms with Gasteiger partial charge in [0.1, 0.15) is 11.3 Å². The van der Waals surface area contributed by atoms with Gasteiger partial charge >= 0.3 is 0 Å². The quantitative estimate of drug-likeness (QED) is 0.415. The maximum Gasteiger partial charge on any atom is 0.270 e. The van der Waals surface area contributed by atoms with Gasteiger partial charge in [-0.1, -0.05) is 0 Å². The van der Waals surface area contributed by atoms with Gasteiger partial charge < -0.3 is 9.15 Å². The number of hydrogen-bond donors (Lipinski definition) is 0. The normalized spacial score (nSPS) is 10.7. The number of non-ortho nitro benzene ring substituents is 1. The SMILES string of the molecule is COc1ccc(C(=O)c2oc3ccc([N+](=O)[O-])cc3c2C)cc1. The highest BCUT2D eigenvalue weighted by molar-refractivity contribution is 6.10. The summed E-state index contributed by atoms with van der Waals surface area (Å²) in [5.74, 6) is 0.563. The monoisotopic (exact) mass is 311 g/mol. The smallest absolute Gasteiger partial charge is 0.270 e. The number of hydrogen-bond acceptors (Lipinski definition) is 5. The van der Waals surface area contributed by atoms with Gasteiger partial charge in [-0.15, -0.1) is 0 Å². The van der Waals surface area contributed by atoms with Crippen LogP contribution >= 0.6 is 0 Å². The van der Waals surface area contributed by atoms with Crippen molar-refractivity contribution in [2.24, 2.45) is 0 Å². The van der Waals surface area contributed by atoms with Crippen LogP contribution in [0, 0.1) is 17.0 Å². The minimum atomic E-state index is -0.475. The molecule has 0 atom stereocenters. The zero-order valence-electron chi connectivity index (χ0n) is 12.5. The van der Waals surface area contributed by atoms with Crippen molar-refractivity contribution in [3.05, 3.63) is 69.5 Å². The molecule has 0 radical (unpaired) electrons. The van der Waals surface area contributed by atoms with Crippen molar-refractivity contribution in [1.82, 2.24) is 0 Å². The number of furan rings is 1. The standard InChI is InChI=1S/C17H13NO5/c1-10-14-9-12(18(20)21)5-8-15(14)23-17(10)16(19)11-3-6-13(22-2)7-4-11/h3-9H,1-2H3. The van der Waals surface area contributed by atoms with Gasteiger partial charge in [-0.3, -0.25) is 14.9 Å². The fraction of sp³-hybridized carbons (Fsp3) is 0.118. The van der Waals surface area contributed by atoms with E-state index in [0.29, 0.717) is 27.8 Å².